The van der Waals surface area contributed by atoms with E-state index in [2.05, 4.69) is 10.3 Å². The van der Waals surface area contributed by atoms with E-state index in [1.54, 1.807) is 16.8 Å². The number of aldehydes is 1. The third kappa shape index (κ3) is 2.22. The Balaban J connectivity index is 2.47. The zero-order chi connectivity index (χ0) is 12.3. The molecule has 0 amide bonds. The molecule has 0 aliphatic carbocycles. The summed E-state index contributed by atoms with van der Waals surface area (Å²) in [5.41, 5.74) is 1.81. The van der Waals surface area contributed by atoms with Crippen LogP contribution in [0.1, 0.15) is 29.5 Å². The zero-order valence-corrected chi connectivity index (χ0v) is 9.43. The van der Waals surface area contributed by atoms with Gasteiger partial charge in [0.25, 0.3) is 0 Å². The van der Waals surface area contributed by atoms with Gasteiger partial charge in [-0.3, -0.25) is 4.79 Å². The van der Waals surface area contributed by atoms with Crippen molar-refractivity contribution >= 4 is 6.29 Å². The second kappa shape index (κ2) is 4.86. The largest absolute Gasteiger partial charge is 0.296 e. The summed E-state index contributed by atoms with van der Waals surface area (Å²) in [5.74, 6) is -0.304. The summed E-state index contributed by atoms with van der Waals surface area (Å²) in [7, 11) is 0. The number of hydrogen-bond donors (Lipinski definition) is 0. The molecule has 2 aromatic rings. The van der Waals surface area contributed by atoms with E-state index in [4.69, 9.17) is 0 Å². The summed E-state index contributed by atoms with van der Waals surface area (Å²) < 4.78 is 14.4. The van der Waals surface area contributed by atoms with Crippen LogP contribution in [0.5, 0.6) is 0 Å². The molecule has 0 aliphatic heterocycles. The number of aromatic nitrogens is 3. The fourth-order valence-electron chi connectivity index (χ4n) is 1.67. The Hall–Kier alpha value is -2.04. The molecule has 0 N–H and O–H groups in total. The minimum atomic E-state index is -0.304. The van der Waals surface area contributed by atoms with E-state index in [0.717, 1.165) is 12.1 Å². The van der Waals surface area contributed by atoms with Gasteiger partial charge in [-0.15, -0.1) is 5.10 Å². The highest BCUT2D eigenvalue weighted by atomic mass is 19.1. The first kappa shape index (κ1) is 11.4. The lowest BCUT2D eigenvalue weighted by Crippen LogP contribution is -2.03. The van der Waals surface area contributed by atoms with Crippen LogP contribution in [-0.2, 0) is 6.42 Å². The number of carbonyl (C=O) groups is 1. The summed E-state index contributed by atoms with van der Waals surface area (Å²) in [4.78, 5) is 10.8. The van der Waals surface area contributed by atoms with Crippen molar-refractivity contribution in [2.75, 3.05) is 0 Å². The highest BCUT2D eigenvalue weighted by Gasteiger charge is 2.12. The summed E-state index contributed by atoms with van der Waals surface area (Å²) in [6, 6.07) is 5.93. The minimum Gasteiger partial charge on any atom is -0.296 e. The maximum absolute atomic E-state index is 12.8. The molecule has 0 bridgehead atoms. The van der Waals surface area contributed by atoms with Crippen molar-refractivity contribution in [2.45, 2.75) is 19.8 Å². The van der Waals surface area contributed by atoms with Crippen LogP contribution in [0, 0.1) is 5.82 Å². The van der Waals surface area contributed by atoms with Crippen molar-refractivity contribution in [2.24, 2.45) is 0 Å². The molecule has 0 fully saturated rings. The zero-order valence-electron chi connectivity index (χ0n) is 9.43. The molecule has 0 unspecified atom stereocenters. The monoisotopic (exact) mass is 233 g/mol. The number of rotatable bonds is 4. The van der Waals surface area contributed by atoms with Gasteiger partial charge in [0.1, 0.15) is 11.5 Å². The second-order valence-electron chi connectivity index (χ2n) is 3.68. The van der Waals surface area contributed by atoms with E-state index >= 15 is 0 Å². The van der Waals surface area contributed by atoms with Crippen LogP contribution in [-0.4, -0.2) is 21.3 Å². The first-order chi connectivity index (χ1) is 8.26. The molecule has 2 rings (SSSR count). The number of halogens is 1. The van der Waals surface area contributed by atoms with Crippen molar-refractivity contribution in [3.8, 4) is 5.69 Å². The summed E-state index contributed by atoms with van der Waals surface area (Å²) in [6.07, 6.45) is 2.28. The van der Waals surface area contributed by atoms with E-state index in [1.165, 1.54) is 12.1 Å². The lowest BCUT2D eigenvalue weighted by Gasteiger charge is -2.05. The van der Waals surface area contributed by atoms with Crippen LogP contribution in [0.15, 0.2) is 24.3 Å². The van der Waals surface area contributed by atoms with Gasteiger partial charge in [-0.2, -0.15) is 0 Å². The average molecular weight is 233 g/mol. The topological polar surface area (TPSA) is 47.8 Å². The number of hydrogen-bond acceptors (Lipinski definition) is 3. The molecular formula is C12H12FN3O. The molecule has 4 nitrogen and oxygen atoms in total. The Labute approximate surface area is 98.1 Å². The highest BCUT2D eigenvalue weighted by molar-refractivity contribution is 5.73. The third-order valence-electron chi connectivity index (χ3n) is 2.46. The molecule has 1 heterocycles. The number of benzene rings is 1. The molecule has 0 atom stereocenters. The minimum absolute atomic E-state index is 0.304. The predicted octanol–water partition coefficient (Wildman–Crippen LogP) is 2.17. The molecule has 0 saturated carbocycles. The molecule has 88 valence electrons. The maximum atomic E-state index is 12.8. The van der Waals surface area contributed by atoms with Crippen LogP contribution >= 0.6 is 0 Å². The Morgan fingerprint density at radius 2 is 2.06 bits per heavy atom. The number of nitrogens with zero attached hydrogens (tertiary/aromatic N) is 3. The number of carbonyl (C=O) groups excluding carboxylic acids is 1. The van der Waals surface area contributed by atoms with E-state index in [1.807, 2.05) is 6.92 Å². The smallest absolute Gasteiger partial charge is 0.172 e. The van der Waals surface area contributed by atoms with Gasteiger partial charge in [0.15, 0.2) is 6.29 Å². The van der Waals surface area contributed by atoms with Crippen molar-refractivity contribution in [1.29, 1.82) is 0 Å². The van der Waals surface area contributed by atoms with Crippen LogP contribution in [0.4, 0.5) is 4.39 Å². The van der Waals surface area contributed by atoms with Gasteiger partial charge in [0.05, 0.1) is 11.4 Å². The average Bonchev–Trinajstić information content (AvgIpc) is 2.74. The summed E-state index contributed by atoms with van der Waals surface area (Å²) >= 11 is 0. The van der Waals surface area contributed by atoms with E-state index in [9.17, 15) is 9.18 Å². The molecule has 1 aromatic heterocycles. The Morgan fingerprint density at radius 1 is 1.35 bits per heavy atom. The third-order valence-corrected chi connectivity index (χ3v) is 2.46. The van der Waals surface area contributed by atoms with Crippen molar-refractivity contribution in [3.05, 3.63) is 41.5 Å². The molecule has 0 aliphatic rings. The molecule has 0 radical (unpaired) electrons. The fraction of sp³-hybridized carbons (Fsp3) is 0.250. The van der Waals surface area contributed by atoms with Gasteiger partial charge in [-0.05, 0) is 30.7 Å². The molecule has 5 heteroatoms. The molecule has 0 spiro atoms. The molecule has 1 aromatic carbocycles. The highest BCUT2D eigenvalue weighted by Crippen LogP contribution is 2.14. The molecular weight excluding hydrogens is 221 g/mol. The van der Waals surface area contributed by atoms with Crippen LogP contribution in [0.25, 0.3) is 5.69 Å². The van der Waals surface area contributed by atoms with E-state index in [0.29, 0.717) is 24.1 Å². The standard InChI is InChI=1S/C12H12FN3O/c1-2-3-12-11(8-17)14-15-16(12)10-6-4-9(13)5-7-10/h4-8H,2-3H2,1H3. The SMILES string of the molecule is CCCc1c(C=O)nnn1-c1ccc(F)cc1. The molecule has 0 saturated heterocycles. The first-order valence-corrected chi connectivity index (χ1v) is 5.42. The van der Waals surface area contributed by atoms with Crippen molar-refractivity contribution in [3.63, 3.8) is 0 Å². The van der Waals surface area contributed by atoms with E-state index < -0.39 is 0 Å². The summed E-state index contributed by atoms with van der Waals surface area (Å²) in [6.45, 7) is 2.01. The normalized spacial score (nSPS) is 10.5. The van der Waals surface area contributed by atoms with Gasteiger partial charge in [-0.25, -0.2) is 9.07 Å². The van der Waals surface area contributed by atoms with Crippen molar-refractivity contribution < 1.29 is 9.18 Å². The summed E-state index contributed by atoms with van der Waals surface area (Å²) in [5, 5.41) is 7.72. The Morgan fingerprint density at radius 3 is 2.65 bits per heavy atom. The van der Waals surface area contributed by atoms with Crippen LogP contribution < -0.4 is 0 Å². The lowest BCUT2D eigenvalue weighted by molar-refractivity contribution is 0.111. The van der Waals surface area contributed by atoms with Gasteiger partial charge >= 0.3 is 0 Å². The quantitative estimate of drug-likeness (QED) is 0.760. The molecule has 17 heavy (non-hydrogen) atoms. The van der Waals surface area contributed by atoms with Crippen LogP contribution in [0.3, 0.4) is 0 Å². The second-order valence-corrected chi connectivity index (χ2v) is 3.68. The first-order valence-electron chi connectivity index (χ1n) is 5.42. The van der Waals surface area contributed by atoms with Crippen LogP contribution in [0.2, 0.25) is 0 Å². The van der Waals surface area contributed by atoms with Crippen molar-refractivity contribution in [1.82, 2.24) is 15.0 Å². The Bertz CT molecular complexity index is 519. The van der Waals surface area contributed by atoms with Gasteiger partial charge < -0.3 is 0 Å². The van der Waals surface area contributed by atoms with Gasteiger partial charge in [0.2, 0.25) is 0 Å². The van der Waals surface area contributed by atoms with E-state index in [-0.39, 0.29) is 5.82 Å². The Kier molecular flexibility index (Phi) is 3.27. The van der Waals surface area contributed by atoms with Gasteiger partial charge in [-0.1, -0.05) is 18.6 Å². The van der Waals surface area contributed by atoms with Gasteiger partial charge in [0, 0.05) is 0 Å². The predicted molar refractivity (Wildman–Crippen MR) is 60.7 cm³/mol. The lowest BCUT2D eigenvalue weighted by atomic mass is 10.2. The fourth-order valence-corrected chi connectivity index (χ4v) is 1.67. The maximum Gasteiger partial charge on any atom is 0.172 e.